The van der Waals surface area contributed by atoms with E-state index in [0.717, 1.165) is 42.7 Å². The van der Waals surface area contributed by atoms with E-state index in [1.165, 1.54) is 5.56 Å². The first kappa shape index (κ1) is 15.6. The van der Waals surface area contributed by atoms with Gasteiger partial charge in [-0.1, -0.05) is 48.8 Å². The highest BCUT2D eigenvalue weighted by molar-refractivity contribution is 9.08. The van der Waals surface area contributed by atoms with Gasteiger partial charge in [0.25, 0.3) is 5.91 Å². The molecular weight excluding hydrogens is 314 g/mol. The topological polar surface area (TPSA) is 20.3 Å². The predicted molar refractivity (Wildman–Crippen MR) is 87.2 cm³/mol. The molecule has 1 aromatic rings. The molecule has 2 nitrogen and oxygen atoms in total. The van der Waals surface area contributed by atoms with Crippen molar-refractivity contribution in [2.45, 2.75) is 38.9 Å². The number of hydrogen-bond donors (Lipinski definition) is 0. The minimum Gasteiger partial charge on any atom is -0.339 e. The van der Waals surface area contributed by atoms with E-state index in [9.17, 15) is 4.79 Å². The van der Waals surface area contributed by atoms with Crippen LogP contribution in [0.3, 0.4) is 0 Å². The fourth-order valence-electron chi connectivity index (χ4n) is 2.87. The number of piperidine rings is 1. The molecule has 0 saturated carbocycles. The van der Waals surface area contributed by atoms with Gasteiger partial charge in [0.1, 0.15) is 0 Å². The average Bonchev–Trinajstić information content (AvgIpc) is 2.46. The average molecular weight is 338 g/mol. The van der Waals surface area contributed by atoms with E-state index >= 15 is 0 Å². The highest BCUT2D eigenvalue weighted by Crippen LogP contribution is 2.34. The third-order valence-corrected chi connectivity index (χ3v) is 5.01. The van der Waals surface area contributed by atoms with Crippen molar-refractivity contribution in [3.63, 3.8) is 0 Å². The van der Waals surface area contributed by atoms with Crippen molar-refractivity contribution in [1.29, 1.82) is 0 Å². The summed E-state index contributed by atoms with van der Waals surface area (Å²) in [5, 5.41) is 0.832. The van der Waals surface area contributed by atoms with E-state index in [1.807, 2.05) is 29.2 Å². The number of carbonyl (C=O) groups excluding carboxylic acids is 1. The third-order valence-electron chi connectivity index (χ3n) is 4.36. The molecule has 110 valence electrons. The summed E-state index contributed by atoms with van der Waals surface area (Å²) < 4.78 is 0. The molecule has 0 bridgehead atoms. The quantitative estimate of drug-likeness (QED) is 0.728. The Morgan fingerprint density at radius 1 is 1.20 bits per heavy atom. The molecule has 0 radical (unpaired) electrons. The number of alkyl halides is 1. The van der Waals surface area contributed by atoms with E-state index in [2.05, 4.69) is 36.7 Å². The Labute approximate surface area is 130 Å². The number of hydrogen-bond acceptors (Lipinski definition) is 1. The maximum Gasteiger partial charge on any atom is 0.253 e. The van der Waals surface area contributed by atoms with E-state index in [-0.39, 0.29) is 5.91 Å². The molecule has 1 aliphatic rings. The van der Waals surface area contributed by atoms with Crippen LogP contribution in [0, 0.1) is 11.3 Å². The van der Waals surface area contributed by atoms with Crippen molar-refractivity contribution in [3.05, 3.63) is 35.4 Å². The molecule has 1 saturated heterocycles. The Bertz CT molecular complexity index is 453. The maximum atomic E-state index is 12.5. The van der Waals surface area contributed by atoms with E-state index < -0.39 is 0 Å². The molecule has 20 heavy (non-hydrogen) atoms. The largest absolute Gasteiger partial charge is 0.339 e. The van der Waals surface area contributed by atoms with Gasteiger partial charge in [0, 0.05) is 24.0 Å². The molecule has 1 heterocycles. The number of nitrogens with zero attached hydrogens (tertiary/aromatic N) is 1. The second-order valence-corrected chi connectivity index (χ2v) is 7.32. The predicted octanol–water partition coefficient (Wildman–Crippen LogP) is 4.48. The normalized spacial score (nSPS) is 17.3. The van der Waals surface area contributed by atoms with Gasteiger partial charge in [0.05, 0.1) is 0 Å². The van der Waals surface area contributed by atoms with Crippen LogP contribution in [-0.2, 0) is 5.33 Å². The van der Waals surface area contributed by atoms with Gasteiger partial charge in [-0.05, 0) is 41.9 Å². The van der Waals surface area contributed by atoms with E-state index in [0.29, 0.717) is 5.41 Å². The van der Waals surface area contributed by atoms with Crippen LogP contribution in [0.15, 0.2) is 24.3 Å². The molecule has 0 N–H and O–H groups in total. The fraction of sp³-hybridized carbons (Fsp3) is 0.588. The third kappa shape index (κ3) is 3.63. The molecule has 1 amide bonds. The van der Waals surface area contributed by atoms with Crippen LogP contribution in [0.2, 0.25) is 0 Å². The minimum absolute atomic E-state index is 0.179. The standard InChI is InChI=1S/C17H24BrNO/c1-17(2,3)15-8-10-19(11-9-15)16(20)14-6-4-13(12-18)5-7-14/h4-7,15H,8-12H2,1-3H3. The van der Waals surface area contributed by atoms with Crippen LogP contribution in [0.5, 0.6) is 0 Å². The summed E-state index contributed by atoms with van der Waals surface area (Å²) in [4.78, 5) is 14.5. The van der Waals surface area contributed by atoms with Crippen molar-refractivity contribution < 1.29 is 4.79 Å². The second-order valence-electron chi connectivity index (χ2n) is 6.76. The lowest BCUT2D eigenvalue weighted by Gasteiger charge is -2.38. The highest BCUT2D eigenvalue weighted by Gasteiger charge is 2.30. The summed E-state index contributed by atoms with van der Waals surface area (Å²) in [5.41, 5.74) is 2.36. The number of likely N-dealkylation sites (tertiary alicyclic amines) is 1. The summed E-state index contributed by atoms with van der Waals surface area (Å²) in [6.07, 6.45) is 2.24. The van der Waals surface area contributed by atoms with Crippen LogP contribution >= 0.6 is 15.9 Å². The van der Waals surface area contributed by atoms with Gasteiger partial charge in [-0.3, -0.25) is 4.79 Å². The van der Waals surface area contributed by atoms with Crippen LogP contribution in [0.25, 0.3) is 0 Å². The smallest absolute Gasteiger partial charge is 0.253 e. The summed E-state index contributed by atoms with van der Waals surface area (Å²) in [6, 6.07) is 7.91. The summed E-state index contributed by atoms with van der Waals surface area (Å²) in [7, 11) is 0. The zero-order valence-electron chi connectivity index (χ0n) is 12.7. The number of carbonyl (C=O) groups is 1. The molecule has 2 rings (SSSR count). The Morgan fingerprint density at radius 2 is 1.75 bits per heavy atom. The summed E-state index contributed by atoms with van der Waals surface area (Å²) >= 11 is 3.43. The van der Waals surface area contributed by atoms with Crippen molar-refractivity contribution in [1.82, 2.24) is 4.90 Å². The van der Waals surface area contributed by atoms with E-state index in [4.69, 9.17) is 0 Å². The van der Waals surface area contributed by atoms with E-state index in [1.54, 1.807) is 0 Å². The number of rotatable bonds is 2. The van der Waals surface area contributed by atoms with Gasteiger partial charge < -0.3 is 4.90 Å². The molecular formula is C17H24BrNO. The monoisotopic (exact) mass is 337 g/mol. The second kappa shape index (κ2) is 6.30. The molecule has 0 aromatic heterocycles. The van der Waals surface area contributed by atoms with Crippen molar-refractivity contribution in [2.75, 3.05) is 13.1 Å². The van der Waals surface area contributed by atoms with Crippen molar-refractivity contribution in [2.24, 2.45) is 11.3 Å². The Balaban J connectivity index is 1.97. The first-order chi connectivity index (χ1) is 9.41. The number of amides is 1. The van der Waals surface area contributed by atoms with Crippen molar-refractivity contribution in [3.8, 4) is 0 Å². The Hall–Kier alpha value is -0.830. The van der Waals surface area contributed by atoms with Gasteiger partial charge in [0.15, 0.2) is 0 Å². The minimum atomic E-state index is 0.179. The van der Waals surface area contributed by atoms with Crippen LogP contribution in [0.1, 0.15) is 49.5 Å². The lowest BCUT2D eigenvalue weighted by Crippen LogP contribution is -2.41. The van der Waals surface area contributed by atoms with Gasteiger partial charge in [-0.25, -0.2) is 0 Å². The summed E-state index contributed by atoms with van der Waals surface area (Å²) in [6.45, 7) is 8.68. The first-order valence-corrected chi connectivity index (χ1v) is 8.48. The SMILES string of the molecule is CC(C)(C)C1CCN(C(=O)c2ccc(CBr)cc2)CC1. The molecule has 3 heteroatoms. The zero-order valence-corrected chi connectivity index (χ0v) is 14.2. The van der Waals surface area contributed by atoms with Gasteiger partial charge >= 0.3 is 0 Å². The van der Waals surface area contributed by atoms with Crippen LogP contribution in [0.4, 0.5) is 0 Å². The lowest BCUT2D eigenvalue weighted by atomic mass is 9.75. The number of benzene rings is 1. The molecule has 0 atom stereocenters. The molecule has 0 spiro atoms. The summed E-state index contributed by atoms with van der Waals surface area (Å²) in [5.74, 6) is 0.904. The molecule has 0 unspecified atom stereocenters. The van der Waals surface area contributed by atoms with Crippen molar-refractivity contribution >= 4 is 21.8 Å². The Kier molecular flexibility index (Phi) is 4.90. The van der Waals surface area contributed by atoms with Crippen LogP contribution in [-0.4, -0.2) is 23.9 Å². The highest BCUT2D eigenvalue weighted by atomic mass is 79.9. The Morgan fingerprint density at radius 3 is 2.20 bits per heavy atom. The first-order valence-electron chi connectivity index (χ1n) is 7.36. The lowest BCUT2D eigenvalue weighted by molar-refractivity contribution is 0.0609. The van der Waals surface area contributed by atoms with Gasteiger partial charge in [-0.15, -0.1) is 0 Å². The zero-order chi connectivity index (χ0) is 14.8. The van der Waals surface area contributed by atoms with Gasteiger partial charge in [0.2, 0.25) is 0 Å². The number of halogens is 1. The molecule has 0 aliphatic carbocycles. The van der Waals surface area contributed by atoms with Gasteiger partial charge in [-0.2, -0.15) is 0 Å². The fourth-order valence-corrected chi connectivity index (χ4v) is 3.24. The molecule has 1 aliphatic heterocycles. The van der Waals surface area contributed by atoms with Crippen LogP contribution < -0.4 is 0 Å². The molecule has 1 fully saturated rings. The maximum absolute atomic E-state index is 12.5. The molecule has 1 aromatic carbocycles.